The first-order chi connectivity index (χ1) is 9.24. The number of pyridine rings is 1. The Hall–Kier alpha value is -1.74. The van der Waals surface area contributed by atoms with Crippen LogP contribution >= 0.6 is 11.6 Å². The molecule has 3 nitrogen and oxygen atoms in total. The van der Waals surface area contributed by atoms with E-state index >= 15 is 0 Å². The molecule has 2 heterocycles. The number of nitrogens with zero attached hydrogens (tertiary/aromatic N) is 2. The van der Waals surface area contributed by atoms with E-state index in [0.29, 0.717) is 11.2 Å². The van der Waals surface area contributed by atoms with Crippen molar-refractivity contribution in [3.8, 4) is 0 Å². The lowest BCUT2D eigenvalue weighted by Crippen LogP contribution is -2.41. The molecule has 0 radical (unpaired) electrons. The van der Waals surface area contributed by atoms with Gasteiger partial charge in [-0.3, -0.25) is 0 Å². The molecule has 0 fully saturated rings. The fourth-order valence-corrected chi connectivity index (χ4v) is 2.61. The van der Waals surface area contributed by atoms with Crippen LogP contribution in [-0.4, -0.2) is 17.6 Å². The van der Waals surface area contributed by atoms with Gasteiger partial charge in [0.25, 0.3) is 0 Å². The predicted octanol–water partition coefficient (Wildman–Crippen LogP) is 3.56. The van der Waals surface area contributed by atoms with E-state index in [1.54, 1.807) is 6.07 Å². The van der Waals surface area contributed by atoms with Crippen LogP contribution in [0.5, 0.6) is 0 Å². The summed E-state index contributed by atoms with van der Waals surface area (Å²) >= 11 is 5.96. The maximum absolute atomic E-state index is 5.96. The van der Waals surface area contributed by atoms with Gasteiger partial charge >= 0.3 is 0 Å². The number of halogens is 1. The summed E-state index contributed by atoms with van der Waals surface area (Å²) in [5.41, 5.74) is 3.40. The zero-order valence-electron chi connectivity index (χ0n) is 10.8. The molecule has 4 heteroatoms. The largest absolute Gasteiger partial charge is 0.381 e. The molecule has 1 unspecified atom stereocenters. The Bertz CT molecular complexity index is 585. The Labute approximate surface area is 118 Å². The van der Waals surface area contributed by atoms with E-state index in [0.717, 1.165) is 18.8 Å². The van der Waals surface area contributed by atoms with Crippen LogP contribution in [0.25, 0.3) is 0 Å². The molecule has 0 saturated carbocycles. The van der Waals surface area contributed by atoms with Crippen LogP contribution in [0.1, 0.15) is 12.6 Å². The van der Waals surface area contributed by atoms with E-state index in [4.69, 9.17) is 11.6 Å². The highest BCUT2D eigenvalue weighted by Crippen LogP contribution is 2.32. The lowest BCUT2D eigenvalue weighted by Gasteiger charge is -2.37. The van der Waals surface area contributed by atoms with Crippen molar-refractivity contribution in [1.29, 1.82) is 0 Å². The molecular formula is C15H16ClN3. The average Bonchev–Trinajstić information content (AvgIpc) is 2.42. The number of rotatable bonds is 2. The van der Waals surface area contributed by atoms with Crippen molar-refractivity contribution in [2.24, 2.45) is 0 Å². The van der Waals surface area contributed by atoms with Crippen molar-refractivity contribution in [3.63, 3.8) is 0 Å². The molecule has 3 rings (SSSR count). The summed E-state index contributed by atoms with van der Waals surface area (Å²) in [7, 11) is 0. The van der Waals surface area contributed by atoms with Crippen LogP contribution in [-0.2, 0) is 6.54 Å². The Balaban J connectivity index is 1.91. The molecule has 0 spiro atoms. The Morgan fingerprint density at radius 2 is 2.11 bits per heavy atom. The Morgan fingerprint density at radius 3 is 2.95 bits per heavy atom. The molecule has 0 saturated heterocycles. The summed E-state index contributed by atoms with van der Waals surface area (Å²) in [4.78, 5) is 6.74. The molecule has 1 aliphatic rings. The smallest absolute Gasteiger partial charge is 0.129 e. The normalized spacial score (nSPS) is 17.8. The molecule has 1 aliphatic heterocycles. The highest BCUT2D eigenvalue weighted by Gasteiger charge is 2.22. The van der Waals surface area contributed by atoms with E-state index in [1.807, 2.05) is 12.1 Å². The third-order valence-electron chi connectivity index (χ3n) is 3.44. The Morgan fingerprint density at radius 1 is 1.26 bits per heavy atom. The van der Waals surface area contributed by atoms with Gasteiger partial charge in [-0.05, 0) is 31.2 Å². The van der Waals surface area contributed by atoms with Crippen LogP contribution < -0.4 is 10.2 Å². The van der Waals surface area contributed by atoms with Gasteiger partial charge in [0.1, 0.15) is 5.15 Å². The van der Waals surface area contributed by atoms with Gasteiger partial charge in [0, 0.05) is 12.6 Å². The van der Waals surface area contributed by atoms with Crippen molar-refractivity contribution in [2.75, 3.05) is 16.8 Å². The lowest BCUT2D eigenvalue weighted by molar-refractivity contribution is 0.635. The number of aromatic nitrogens is 1. The van der Waals surface area contributed by atoms with Crippen molar-refractivity contribution < 1.29 is 0 Å². The summed E-state index contributed by atoms with van der Waals surface area (Å²) in [5.74, 6) is 0. The topological polar surface area (TPSA) is 28.2 Å². The van der Waals surface area contributed by atoms with Gasteiger partial charge in [0.15, 0.2) is 0 Å². The van der Waals surface area contributed by atoms with Crippen LogP contribution in [0.3, 0.4) is 0 Å². The Kier molecular flexibility index (Phi) is 3.30. The van der Waals surface area contributed by atoms with E-state index in [1.165, 1.54) is 11.4 Å². The first-order valence-corrected chi connectivity index (χ1v) is 6.83. The standard InChI is InChI=1S/C15H16ClN3/c1-11-9-17-13-6-2-3-7-14(13)19(11)10-12-5-4-8-15(16)18-12/h2-8,11,17H,9-10H2,1H3. The van der Waals surface area contributed by atoms with Gasteiger partial charge in [0.05, 0.1) is 23.6 Å². The number of benzene rings is 1. The minimum absolute atomic E-state index is 0.427. The zero-order valence-corrected chi connectivity index (χ0v) is 11.6. The highest BCUT2D eigenvalue weighted by atomic mass is 35.5. The highest BCUT2D eigenvalue weighted by molar-refractivity contribution is 6.29. The number of hydrogen-bond acceptors (Lipinski definition) is 3. The second kappa shape index (κ2) is 5.10. The molecule has 98 valence electrons. The fourth-order valence-electron chi connectivity index (χ4n) is 2.43. The zero-order chi connectivity index (χ0) is 13.2. The molecule has 1 aromatic carbocycles. The van der Waals surface area contributed by atoms with Gasteiger partial charge in [0.2, 0.25) is 0 Å². The number of fused-ring (bicyclic) bond motifs is 1. The maximum Gasteiger partial charge on any atom is 0.129 e. The minimum atomic E-state index is 0.427. The molecule has 19 heavy (non-hydrogen) atoms. The summed E-state index contributed by atoms with van der Waals surface area (Å²) in [6.45, 7) is 3.94. The van der Waals surface area contributed by atoms with Gasteiger partial charge in [-0.1, -0.05) is 29.8 Å². The summed E-state index contributed by atoms with van der Waals surface area (Å²) in [5, 5.41) is 4.00. The molecule has 0 aliphatic carbocycles. The SMILES string of the molecule is CC1CNc2ccccc2N1Cc1cccc(Cl)n1. The molecule has 0 bridgehead atoms. The molecule has 2 aromatic rings. The average molecular weight is 274 g/mol. The first-order valence-electron chi connectivity index (χ1n) is 6.45. The molecule has 0 amide bonds. The molecule has 1 aromatic heterocycles. The second-order valence-electron chi connectivity index (χ2n) is 4.83. The maximum atomic E-state index is 5.96. The third kappa shape index (κ3) is 2.51. The van der Waals surface area contributed by atoms with E-state index in [9.17, 15) is 0 Å². The number of anilines is 2. The van der Waals surface area contributed by atoms with E-state index in [-0.39, 0.29) is 0 Å². The molecular weight excluding hydrogens is 258 g/mol. The monoisotopic (exact) mass is 273 g/mol. The summed E-state index contributed by atoms with van der Waals surface area (Å²) in [6.07, 6.45) is 0. The molecule has 1 N–H and O–H groups in total. The van der Waals surface area contributed by atoms with Crippen molar-refractivity contribution in [1.82, 2.24) is 4.98 Å². The minimum Gasteiger partial charge on any atom is -0.381 e. The summed E-state index contributed by atoms with van der Waals surface area (Å²) in [6, 6.07) is 14.6. The molecule has 1 atom stereocenters. The lowest BCUT2D eigenvalue weighted by atomic mass is 10.1. The van der Waals surface area contributed by atoms with Gasteiger partial charge in [-0.2, -0.15) is 0 Å². The van der Waals surface area contributed by atoms with E-state index in [2.05, 4.69) is 46.4 Å². The van der Waals surface area contributed by atoms with Crippen LogP contribution in [0.4, 0.5) is 11.4 Å². The van der Waals surface area contributed by atoms with Gasteiger partial charge in [-0.25, -0.2) is 4.98 Å². The van der Waals surface area contributed by atoms with E-state index < -0.39 is 0 Å². The summed E-state index contributed by atoms with van der Waals surface area (Å²) < 4.78 is 0. The first kappa shape index (κ1) is 12.3. The third-order valence-corrected chi connectivity index (χ3v) is 3.65. The fraction of sp³-hybridized carbons (Fsp3) is 0.267. The second-order valence-corrected chi connectivity index (χ2v) is 5.21. The van der Waals surface area contributed by atoms with Crippen molar-refractivity contribution in [2.45, 2.75) is 19.5 Å². The number of hydrogen-bond donors (Lipinski definition) is 1. The van der Waals surface area contributed by atoms with Crippen LogP contribution in [0.15, 0.2) is 42.5 Å². The number of nitrogens with one attached hydrogen (secondary N) is 1. The van der Waals surface area contributed by atoms with Gasteiger partial charge in [-0.15, -0.1) is 0 Å². The van der Waals surface area contributed by atoms with Crippen LogP contribution in [0, 0.1) is 0 Å². The quantitative estimate of drug-likeness (QED) is 0.848. The number of para-hydroxylation sites is 2. The van der Waals surface area contributed by atoms with Crippen molar-refractivity contribution >= 4 is 23.0 Å². The van der Waals surface area contributed by atoms with Crippen molar-refractivity contribution in [3.05, 3.63) is 53.3 Å². The van der Waals surface area contributed by atoms with Crippen LogP contribution in [0.2, 0.25) is 5.15 Å². The predicted molar refractivity (Wildman–Crippen MR) is 79.8 cm³/mol. The van der Waals surface area contributed by atoms with Gasteiger partial charge < -0.3 is 10.2 Å².